The van der Waals surface area contributed by atoms with Crippen molar-refractivity contribution in [2.75, 3.05) is 5.75 Å². The van der Waals surface area contributed by atoms with E-state index < -0.39 is 21.3 Å². The molecule has 3 heterocycles. The van der Waals surface area contributed by atoms with E-state index in [9.17, 15) is 4.79 Å². The summed E-state index contributed by atoms with van der Waals surface area (Å²) in [5, 5.41) is 5.09. The average Bonchev–Trinajstić information content (AvgIpc) is 2.77. The molecule has 10 heteroatoms. The van der Waals surface area contributed by atoms with Gasteiger partial charge in [0.2, 0.25) is 0 Å². The van der Waals surface area contributed by atoms with E-state index in [0.717, 1.165) is 26.0 Å². The summed E-state index contributed by atoms with van der Waals surface area (Å²) in [5.74, 6) is 1.18. The molecule has 1 atom stereocenters. The Balaban J connectivity index is 1.66. The zero-order chi connectivity index (χ0) is 21.8. The normalized spacial score (nSPS) is 11.3. The van der Waals surface area contributed by atoms with Crippen molar-refractivity contribution in [1.82, 2.24) is 24.7 Å². The van der Waals surface area contributed by atoms with E-state index in [1.165, 1.54) is 16.4 Å². The SMILES string of the molecule is CCSc1cnn(-c2cc(-c3ccnc([AsH]c4cccc(Cl)c4)n3)ccn2)c(=O)c1Cl. The van der Waals surface area contributed by atoms with Gasteiger partial charge in [-0.3, -0.25) is 0 Å². The Morgan fingerprint density at radius 1 is 1.10 bits per heavy atom. The number of pyridine rings is 1. The van der Waals surface area contributed by atoms with Gasteiger partial charge in [-0.1, -0.05) is 6.92 Å². The van der Waals surface area contributed by atoms with E-state index in [2.05, 4.69) is 15.1 Å². The third-order valence-electron chi connectivity index (χ3n) is 4.18. The van der Waals surface area contributed by atoms with Crippen LogP contribution >= 0.6 is 35.0 Å². The molecule has 4 aromatic rings. The first-order valence-corrected chi connectivity index (χ1v) is 13.1. The van der Waals surface area contributed by atoms with Crippen molar-refractivity contribution in [3.8, 4) is 17.1 Å². The molecule has 0 spiro atoms. The number of hydrogen-bond donors (Lipinski definition) is 0. The number of thioether (sulfide) groups is 1. The van der Waals surface area contributed by atoms with Crippen LogP contribution in [0, 0.1) is 0 Å². The molecule has 1 unspecified atom stereocenters. The fraction of sp³-hybridized carbons (Fsp3) is 0.0952. The van der Waals surface area contributed by atoms with Crippen molar-refractivity contribution >= 4 is 59.7 Å². The van der Waals surface area contributed by atoms with Crippen LogP contribution in [0.15, 0.2) is 70.7 Å². The minimum atomic E-state index is -0.731. The molecule has 0 aliphatic heterocycles. The van der Waals surface area contributed by atoms with Crippen LogP contribution in [0.1, 0.15) is 6.92 Å². The maximum atomic E-state index is 12.7. The topological polar surface area (TPSA) is 73.6 Å². The Morgan fingerprint density at radius 2 is 1.94 bits per heavy atom. The summed E-state index contributed by atoms with van der Waals surface area (Å²) in [6.45, 7) is 1.99. The van der Waals surface area contributed by atoms with E-state index in [-0.39, 0.29) is 5.02 Å². The Kier molecular flexibility index (Phi) is 7.08. The van der Waals surface area contributed by atoms with Crippen LogP contribution in [-0.2, 0) is 0 Å². The van der Waals surface area contributed by atoms with Gasteiger partial charge in [-0.2, -0.15) is 0 Å². The first-order valence-electron chi connectivity index (χ1n) is 9.28. The fourth-order valence-electron chi connectivity index (χ4n) is 2.81. The van der Waals surface area contributed by atoms with E-state index >= 15 is 0 Å². The monoisotopic (exact) mass is 531 g/mol. The molecule has 0 aliphatic rings. The molecule has 156 valence electrons. The third-order valence-corrected chi connectivity index (χ3v) is 8.04. The van der Waals surface area contributed by atoms with Crippen molar-refractivity contribution in [2.24, 2.45) is 0 Å². The molecule has 6 nitrogen and oxygen atoms in total. The molecule has 0 bridgehead atoms. The quantitative estimate of drug-likeness (QED) is 0.281. The third kappa shape index (κ3) is 5.18. The molecule has 0 saturated carbocycles. The number of rotatable bonds is 6. The van der Waals surface area contributed by atoms with Crippen molar-refractivity contribution in [3.05, 3.63) is 81.5 Å². The van der Waals surface area contributed by atoms with Crippen molar-refractivity contribution in [1.29, 1.82) is 0 Å². The van der Waals surface area contributed by atoms with Gasteiger partial charge in [0.15, 0.2) is 0 Å². The summed E-state index contributed by atoms with van der Waals surface area (Å²) in [4.78, 5) is 26.8. The second-order valence-corrected chi connectivity index (χ2v) is 11.1. The second kappa shape index (κ2) is 9.96. The zero-order valence-electron chi connectivity index (χ0n) is 16.3. The van der Waals surface area contributed by atoms with Crippen molar-refractivity contribution in [2.45, 2.75) is 11.8 Å². The number of halogens is 2. The average molecular weight is 532 g/mol. The summed E-state index contributed by atoms with van der Waals surface area (Å²) in [6, 6.07) is 13.2. The number of aromatic nitrogens is 5. The zero-order valence-corrected chi connectivity index (χ0v) is 20.7. The molecule has 1 aromatic carbocycles. The van der Waals surface area contributed by atoms with Crippen LogP contribution in [0.25, 0.3) is 17.1 Å². The maximum absolute atomic E-state index is 12.7. The van der Waals surface area contributed by atoms with Gasteiger partial charge in [0.1, 0.15) is 0 Å². The van der Waals surface area contributed by atoms with Crippen LogP contribution in [0.5, 0.6) is 0 Å². The molecular weight excluding hydrogens is 516 g/mol. The first kappa shape index (κ1) is 22.0. The van der Waals surface area contributed by atoms with Crippen LogP contribution in [-0.4, -0.2) is 46.2 Å². The molecule has 0 fully saturated rings. The molecule has 0 saturated heterocycles. The van der Waals surface area contributed by atoms with Crippen LogP contribution in [0.4, 0.5) is 0 Å². The van der Waals surface area contributed by atoms with Gasteiger partial charge in [0.05, 0.1) is 0 Å². The first-order chi connectivity index (χ1) is 15.0. The van der Waals surface area contributed by atoms with Gasteiger partial charge in [0.25, 0.3) is 0 Å². The van der Waals surface area contributed by atoms with Gasteiger partial charge < -0.3 is 0 Å². The summed E-state index contributed by atoms with van der Waals surface area (Å²) >= 11 is 13.1. The number of hydrogen-bond acceptors (Lipinski definition) is 6. The van der Waals surface area contributed by atoms with Crippen molar-refractivity contribution < 1.29 is 0 Å². The Bertz CT molecular complexity index is 1300. The predicted molar refractivity (Wildman–Crippen MR) is 128 cm³/mol. The van der Waals surface area contributed by atoms with Crippen LogP contribution < -0.4 is 14.5 Å². The minimum absolute atomic E-state index is 0.144. The summed E-state index contributed by atoms with van der Waals surface area (Å²) in [5.41, 5.74) is 1.15. The van der Waals surface area contributed by atoms with E-state index in [4.69, 9.17) is 28.2 Å². The molecule has 0 N–H and O–H groups in total. The molecule has 4 rings (SSSR count). The number of benzene rings is 1. The van der Waals surface area contributed by atoms with Gasteiger partial charge in [-0.15, -0.1) is 0 Å². The van der Waals surface area contributed by atoms with E-state index in [1.807, 2.05) is 43.3 Å². The fourth-order valence-corrected chi connectivity index (χ4v) is 6.18. The van der Waals surface area contributed by atoms with Crippen LogP contribution in [0.2, 0.25) is 10.0 Å². The molecule has 0 radical (unpaired) electrons. The summed E-state index contributed by atoms with van der Waals surface area (Å²) in [6.07, 6.45) is 4.95. The van der Waals surface area contributed by atoms with E-state index in [1.54, 1.807) is 24.7 Å². The Labute approximate surface area is 199 Å². The Morgan fingerprint density at radius 3 is 2.74 bits per heavy atom. The van der Waals surface area contributed by atoms with Gasteiger partial charge in [-0.25, -0.2) is 0 Å². The predicted octanol–water partition coefficient (Wildman–Crippen LogP) is 2.89. The van der Waals surface area contributed by atoms with Gasteiger partial charge in [-0.05, 0) is 0 Å². The molecule has 31 heavy (non-hydrogen) atoms. The van der Waals surface area contributed by atoms with E-state index in [0.29, 0.717) is 15.7 Å². The second-order valence-electron chi connectivity index (χ2n) is 6.28. The summed E-state index contributed by atoms with van der Waals surface area (Å²) in [7, 11) is 0. The number of nitrogens with zero attached hydrogens (tertiary/aromatic N) is 5. The van der Waals surface area contributed by atoms with Crippen molar-refractivity contribution in [3.63, 3.8) is 0 Å². The van der Waals surface area contributed by atoms with Gasteiger partial charge in [0, 0.05) is 0 Å². The summed E-state index contributed by atoms with van der Waals surface area (Å²) < 4.78 is 3.14. The Hall–Kier alpha value is -2.18. The standard InChI is InChI=1S/C21H16AsCl2N5OS/c1-2-31-17-12-27-29(20(30)19(17)24)18-10-13(6-8-25-18)16-7-9-26-21(28-16)22-14-4-3-5-15(23)11-14/h3-12,22H,2H2,1H3. The van der Waals surface area contributed by atoms with Crippen LogP contribution in [0.3, 0.4) is 0 Å². The van der Waals surface area contributed by atoms with Gasteiger partial charge >= 0.3 is 194 Å². The molecule has 0 aliphatic carbocycles. The molecule has 0 amide bonds. The molecular formula is C21H16AsCl2N5OS. The molecule has 3 aromatic heterocycles.